The van der Waals surface area contributed by atoms with Crippen LogP contribution in [0.3, 0.4) is 0 Å². The zero-order chi connectivity index (χ0) is 26.7. The summed E-state index contributed by atoms with van der Waals surface area (Å²) in [6.07, 6.45) is 3.09. The third kappa shape index (κ3) is 5.40. The predicted octanol–water partition coefficient (Wildman–Crippen LogP) is 4.35. The Morgan fingerprint density at radius 1 is 1.25 bits per heavy atom. The minimum absolute atomic E-state index is 0.0694. The minimum Gasteiger partial charge on any atom is -0.495 e. The van der Waals surface area contributed by atoms with Gasteiger partial charge in [-0.2, -0.15) is 0 Å². The Morgan fingerprint density at radius 2 is 1.92 bits per heavy atom. The number of benzene rings is 2. The number of nitro groups is 1. The van der Waals surface area contributed by atoms with Gasteiger partial charge in [-0.15, -0.1) is 0 Å². The third-order valence-electron chi connectivity index (χ3n) is 6.74. The monoisotopic (exact) mass is 519 g/mol. The van der Waals surface area contributed by atoms with Crippen molar-refractivity contribution in [3.8, 4) is 11.5 Å². The molecule has 1 aliphatic heterocycles. The fourth-order valence-corrected chi connectivity index (χ4v) is 5.90. The van der Waals surface area contributed by atoms with E-state index in [9.17, 15) is 23.3 Å². The van der Waals surface area contributed by atoms with Crippen LogP contribution in [0.1, 0.15) is 58.1 Å². The molecule has 3 rings (SSSR count). The number of ether oxygens (including phenoxy) is 2. The molecule has 0 spiro atoms. The second kappa shape index (κ2) is 10.7. The fraction of sp³-hybridized carbons (Fsp3) is 0.480. The summed E-state index contributed by atoms with van der Waals surface area (Å²) in [5.74, 6) is 0.273. The number of hydrogen-bond acceptors (Lipinski definition) is 7. The Bertz CT molecular complexity index is 1230. The highest BCUT2D eigenvalue weighted by Crippen LogP contribution is 2.43. The maximum atomic E-state index is 13.7. The molecule has 196 valence electrons. The Kier molecular flexibility index (Phi) is 8.12. The van der Waals surface area contributed by atoms with Crippen LogP contribution in [0.2, 0.25) is 0 Å². The first-order valence-corrected chi connectivity index (χ1v) is 13.7. The number of non-ortho nitro benzene ring substituents is 1. The number of para-hydroxylation sites is 1. The molecule has 1 heterocycles. The van der Waals surface area contributed by atoms with Crippen molar-refractivity contribution in [2.24, 2.45) is 0 Å². The van der Waals surface area contributed by atoms with Crippen molar-refractivity contribution in [3.63, 3.8) is 0 Å². The van der Waals surface area contributed by atoms with Crippen molar-refractivity contribution >= 4 is 27.3 Å². The molecule has 0 fully saturated rings. The number of methoxy groups -OCH3 is 1. The molecule has 0 bridgehead atoms. The van der Waals surface area contributed by atoms with Crippen LogP contribution >= 0.6 is 0 Å². The van der Waals surface area contributed by atoms with Crippen LogP contribution in [0.25, 0.3) is 0 Å². The summed E-state index contributed by atoms with van der Waals surface area (Å²) in [6.45, 7) is 5.75. The summed E-state index contributed by atoms with van der Waals surface area (Å²) < 4.78 is 38.5. The lowest BCUT2D eigenvalue weighted by atomic mass is 9.83. The molecule has 1 amide bonds. The highest BCUT2D eigenvalue weighted by molar-refractivity contribution is 7.92. The van der Waals surface area contributed by atoms with Crippen LogP contribution in [0.15, 0.2) is 42.5 Å². The van der Waals surface area contributed by atoms with Gasteiger partial charge in [0, 0.05) is 24.1 Å². The van der Waals surface area contributed by atoms with E-state index in [2.05, 4.69) is 5.32 Å². The zero-order valence-corrected chi connectivity index (χ0v) is 22.0. The van der Waals surface area contributed by atoms with Crippen LogP contribution in [-0.4, -0.2) is 44.3 Å². The fourth-order valence-electron chi connectivity index (χ4n) is 4.70. The van der Waals surface area contributed by atoms with E-state index in [1.165, 1.54) is 19.2 Å². The highest BCUT2D eigenvalue weighted by atomic mass is 32.2. The number of carbonyl (C=O) groups excluding carboxylic acids is 1. The van der Waals surface area contributed by atoms with Crippen LogP contribution in [0.5, 0.6) is 11.5 Å². The number of fused-ring (bicyclic) bond motifs is 1. The van der Waals surface area contributed by atoms with Crippen molar-refractivity contribution in [2.45, 2.75) is 64.1 Å². The zero-order valence-electron chi connectivity index (χ0n) is 21.2. The van der Waals surface area contributed by atoms with Crippen LogP contribution in [0.4, 0.5) is 11.4 Å². The molecule has 2 atom stereocenters. The third-order valence-corrected chi connectivity index (χ3v) is 7.91. The lowest BCUT2D eigenvalue weighted by molar-refractivity contribution is -0.384. The molecule has 0 aliphatic carbocycles. The van der Waals surface area contributed by atoms with Gasteiger partial charge >= 0.3 is 0 Å². The molecule has 10 nitrogen and oxygen atoms in total. The molecular formula is C25H33N3O7S. The average Bonchev–Trinajstić information content (AvgIpc) is 2.85. The lowest BCUT2D eigenvalue weighted by Gasteiger charge is -2.42. The molecule has 11 heteroatoms. The van der Waals surface area contributed by atoms with E-state index in [-0.39, 0.29) is 23.5 Å². The molecule has 0 saturated carbocycles. The standard InChI is InChI=1S/C25H33N3O7S/c1-6-20(27(36(5,32)33)21-15-17(28(30)31)13-14-23(21)34-4)24(29)26-19-16-25(7-2,8-3)35-22-12-10-9-11-18(19)22/h9-15,19-20H,6-8,16H2,1-5H3,(H,26,29)/t19-,20+/m1/s1. The number of sulfonamides is 1. The number of nitrogens with zero attached hydrogens (tertiary/aromatic N) is 2. The molecule has 36 heavy (non-hydrogen) atoms. The molecular weight excluding hydrogens is 486 g/mol. The Labute approximate surface area is 211 Å². The Hall–Kier alpha value is -3.34. The van der Waals surface area contributed by atoms with E-state index in [4.69, 9.17) is 9.47 Å². The van der Waals surface area contributed by atoms with Crippen LogP contribution < -0.4 is 19.1 Å². The quantitative estimate of drug-likeness (QED) is 0.365. The van der Waals surface area contributed by atoms with Crippen molar-refractivity contribution in [2.75, 3.05) is 17.7 Å². The van der Waals surface area contributed by atoms with E-state index in [0.717, 1.165) is 35.0 Å². The van der Waals surface area contributed by atoms with Crippen molar-refractivity contribution in [1.82, 2.24) is 5.32 Å². The first-order valence-electron chi connectivity index (χ1n) is 11.9. The van der Waals surface area contributed by atoms with Gasteiger partial charge in [-0.05, 0) is 31.4 Å². The van der Waals surface area contributed by atoms with E-state index in [0.29, 0.717) is 12.2 Å². The smallest absolute Gasteiger partial charge is 0.271 e. The minimum atomic E-state index is -4.04. The average molecular weight is 520 g/mol. The van der Waals surface area contributed by atoms with Gasteiger partial charge in [0.25, 0.3) is 5.69 Å². The van der Waals surface area contributed by atoms with Crippen LogP contribution in [0, 0.1) is 10.1 Å². The molecule has 2 aromatic carbocycles. The van der Waals surface area contributed by atoms with E-state index in [1.807, 2.05) is 38.1 Å². The Morgan fingerprint density at radius 3 is 2.47 bits per heavy atom. The summed E-state index contributed by atoms with van der Waals surface area (Å²) in [5, 5.41) is 14.4. The maximum Gasteiger partial charge on any atom is 0.271 e. The van der Waals surface area contributed by atoms with Gasteiger partial charge in [0.05, 0.1) is 24.3 Å². The first-order chi connectivity index (χ1) is 17.0. The largest absolute Gasteiger partial charge is 0.495 e. The SMILES string of the molecule is CC[C@@H](C(=O)N[C@@H]1CC(CC)(CC)Oc2ccccc21)N(c1cc([N+](=O)[O-])ccc1OC)S(C)(=O)=O. The van der Waals surface area contributed by atoms with Crippen molar-refractivity contribution in [1.29, 1.82) is 0 Å². The number of rotatable bonds is 10. The van der Waals surface area contributed by atoms with Crippen molar-refractivity contribution in [3.05, 3.63) is 58.1 Å². The number of hydrogen-bond donors (Lipinski definition) is 1. The van der Waals surface area contributed by atoms with E-state index >= 15 is 0 Å². The molecule has 1 aliphatic rings. The first kappa shape index (κ1) is 27.3. The van der Waals surface area contributed by atoms with E-state index in [1.54, 1.807) is 6.92 Å². The number of nitrogens with one attached hydrogen (secondary N) is 1. The lowest BCUT2D eigenvalue weighted by Crippen LogP contribution is -2.52. The van der Waals surface area contributed by atoms with Gasteiger partial charge in [-0.3, -0.25) is 19.2 Å². The van der Waals surface area contributed by atoms with Gasteiger partial charge in [-0.25, -0.2) is 8.42 Å². The van der Waals surface area contributed by atoms with Gasteiger partial charge in [0.15, 0.2) is 0 Å². The molecule has 2 aromatic rings. The van der Waals surface area contributed by atoms with Gasteiger partial charge < -0.3 is 14.8 Å². The summed E-state index contributed by atoms with van der Waals surface area (Å²) in [4.78, 5) is 24.5. The number of anilines is 1. The topological polar surface area (TPSA) is 128 Å². The molecule has 0 radical (unpaired) electrons. The maximum absolute atomic E-state index is 13.7. The van der Waals surface area contributed by atoms with Crippen molar-refractivity contribution < 1.29 is 27.6 Å². The summed E-state index contributed by atoms with van der Waals surface area (Å²) in [6, 6.07) is 9.57. The molecule has 1 N–H and O–H groups in total. The number of carbonyl (C=O) groups is 1. The normalized spacial score (nSPS) is 17.3. The second-order valence-corrected chi connectivity index (χ2v) is 10.8. The van der Waals surface area contributed by atoms with Gasteiger partial charge in [0.1, 0.15) is 28.8 Å². The predicted molar refractivity (Wildman–Crippen MR) is 137 cm³/mol. The van der Waals surface area contributed by atoms with Gasteiger partial charge in [-0.1, -0.05) is 39.0 Å². The number of amides is 1. The van der Waals surface area contributed by atoms with Crippen LogP contribution in [-0.2, 0) is 14.8 Å². The summed E-state index contributed by atoms with van der Waals surface area (Å²) >= 11 is 0. The van der Waals surface area contributed by atoms with E-state index < -0.39 is 38.5 Å². The number of nitro benzene ring substituents is 1. The molecule has 0 unspecified atom stereocenters. The second-order valence-electron chi connectivity index (χ2n) is 8.89. The summed E-state index contributed by atoms with van der Waals surface area (Å²) in [5.41, 5.74) is -0.0332. The Balaban J connectivity index is 2.04. The summed E-state index contributed by atoms with van der Waals surface area (Å²) in [7, 11) is -2.70. The van der Waals surface area contributed by atoms with Gasteiger partial charge in [0.2, 0.25) is 15.9 Å². The molecule has 0 saturated heterocycles. The highest BCUT2D eigenvalue weighted by Gasteiger charge is 2.41. The molecule has 0 aromatic heterocycles.